The van der Waals surface area contributed by atoms with Crippen molar-refractivity contribution >= 4 is 18.3 Å². The van der Waals surface area contributed by atoms with Crippen LogP contribution in [0.25, 0.3) is 0 Å². The summed E-state index contributed by atoms with van der Waals surface area (Å²) >= 11 is 0. The second kappa shape index (κ2) is 8.73. The molecule has 0 aromatic rings. The molecule has 0 spiro atoms. The standard InChI is InChI=1S/C13H27N3O.ClH/c1-11(14)13(17)16-9-6-12(7-10-16)5-4-8-15(2)3;/h11-12H,4-10,14H2,1-3H3;1H. The van der Waals surface area contributed by atoms with Crippen molar-refractivity contribution in [2.75, 3.05) is 33.7 Å². The Balaban J connectivity index is 0.00000289. The molecule has 1 rings (SSSR count). The molecule has 0 saturated carbocycles. The molecule has 0 aromatic carbocycles. The van der Waals surface area contributed by atoms with Gasteiger partial charge in [-0.2, -0.15) is 0 Å². The minimum atomic E-state index is -0.347. The first-order valence-electron chi connectivity index (χ1n) is 6.69. The highest BCUT2D eigenvalue weighted by Gasteiger charge is 2.23. The zero-order valence-electron chi connectivity index (χ0n) is 11.9. The smallest absolute Gasteiger partial charge is 0.239 e. The molecule has 1 atom stereocenters. The topological polar surface area (TPSA) is 49.6 Å². The average molecular weight is 278 g/mol. The molecule has 18 heavy (non-hydrogen) atoms. The third-order valence-corrected chi connectivity index (χ3v) is 3.53. The van der Waals surface area contributed by atoms with Gasteiger partial charge in [0.15, 0.2) is 0 Å². The molecule has 1 fully saturated rings. The van der Waals surface area contributed by atoms with Gasteiger partial charge in [-0.15, -0.1) is 12.4 Å². The maximum absolute atomic E-state index is 11.7. The van der Waals surface area contributed by atoms with E-state index in [0.29, 0.717) is 0 Å². The summed E-state index contributed by atoms with van der Waals surface area (Å²) in [5.41, 5.74) is 5.62. The van der Waals surface area contributed by atoms with Crippen LogP contribution in [0.15, 0.2) is 0 Å². The van der Waals surface area contributed by atoms with Crippen molar-refractivity contribution in [2.24, 2.45) is 11.7 Å². The molecule has 1 amide bonds. The lowest BCUT2D eigenvalue weighted by Crippen LogP contribution is -2.45. The number of hydrogen-bond acceptors (Lipinski definition) is 3. The predicted octanol–water partition coefficient (Wildman–Crippen LogP) is 1.34. The quantitative estimate of drug-likeness (QED) is 0.825. The van der Waals surface area contributed by atoms with E-state index in [1.807, 2.05) is 4.90 Å². The number of carbonyl (C=O) groups is 1. The van der Waals surface area contributed by atoms with Gasteiger partial charge in [-0.05, 0) is 59.2 Å². The molecular weight excluding hydrogens is 250 g/mol. The Bertz CT molecular complexity index is 238. The lowest BCUT2D eigenvalue weighted by Gasteiger charge is -2.33. The van der Waals surface area contributed by atoms with E-state index >= 15 is 0 Å². The molecule has 0 radical (unpaired) electrons. The Morgan fingerprint density at radius 3 is 2.39 bits per heavy atom. The molecule has 1 saturated heterocycles. The fraction of sp³-hybridized carbons (Fsp3) is 0.923. The van der Waals surface area contributed by atoms with Crippen LogP contribution in [0.4, 0.5) is 0 Å². The van der Waals surface area contributed by atoms with Gasteiger partial charge in [-0.1, -0.05) is 0 Å². The highest BCUT2D eigenvalue weighted by molar-refractivity contribution is 5.85. The summed E-state index contributed by atoms with van der Waals surface area (Å²) < 4.78 is 0. The monoisotopic (exact) mass is 277 g/mol. The highest BCUT2D eigenvalue weighted by Crippen LogP contribution is 2.22. The first kappa shape index (κ1) is 17.7. The van der Waals surface area contributed by atoms with E-state index < -0.39 is 0 Å². The Labute approximate surface area is 117 Å². The number of halogens is 1. The van der Waals surface area contributed by atoms with Crippen LogP contribution in [0.5, 0.6) is 0 Å². The Hall–Kier alpha value is -0.320. The zero-order chi connectivity index (χ0) is 12.8. The van der Waals surface area contributed by atoms with Crippen molar-refractivity contribution in [2.45, 2.75) is 38.6 Å². The third-order valence-electron chi connectivity index (χ3n) is 3.53. The number of piperidine rings is 1. The maximum atomic E-state index is 11.7. The van der Waals surface area contributed by atoms with Gasteiger partial charge in [-0.3, -0.25) is 4.79 Å². The van der Waals surface area contributed by atoms with Gasteiger partial charge in [-0.25, -0.2) is 0 Å². The molecule has 1 aliphatic heterocycles. The maximum Gasteiger partial charge on any atom is 0.239 e. The number of nitrogens with two attached hydrogens (primary N) is 1. The van der Waals surface area contributed by atoms with Crippen LogP contribution in [-0.2, 0) is 4.79 Å². The van der Waals surface area contributed by atoms with E-state index in [-0.39, 0.29) is 24.4 Å². The molecule has 0 aromatic heterocycles. The van der Waals surface area contributed by atoms with Crippen LogP contribution >= 0.6 is 12.4 Å². The second-order valence-corrected chi connectivity index (χ2v) is 5.50. The van der Waals surface area contributed by atoms with E-state index in [1.165, 1.54) is 19.4 Å². The van der Waals surface area contributed by atoms with Gasteiger partial charge in [0, 0.05) is 13.1 Å². The van der Waals surface area contributed by atoms with Crippen molar-refractivity contribution in [1.29, 1.82) is 0 Å². The van der Waals surface area contributed by atoms with Crippen molar-refractivity contribution in [3.8, 4) is 0 Å². The Kier molecular flexibility index (Phi) is 8.57. The summed E-state index contributed by atoms with van der Waals surface area (Å²) in [6.45, 7) is 4.73. The minimum absolute atomic E-state index is 0. The second-order valence-electron chi connectivity index (χ2n) is 5.50. The Morgan fingerprint density at radius 2 is 1.94 bits per heavy atom. The summed E-state index contributed by atoms with van der Waals surface area (Å²) in [5.74, 6) is 0.906. The minimum Gasteiger partial charge on any atom is -0.341 e. The van der Waals surface area contributed by atoms with Gasteiger partial charge < -0.3 is 15.5 Å². The van der Waals surface area contributed by atoms with Gasteiger partial charge >= 0.3 is 0 Å². The molecule has 2 N–H and O–H groups in total. The number of nitrogens with zero attached hydrogens (tertiary/aromatic N) is 2. The average Bonchev–Trinajstić information content (AvgIpc) is 2.28. The molecule has 1 unspecified atom stereocenters. The number of hydrogen-bond donors (Lipinski definition) is 1. The molecule has 1 heterocycles. The van der Waals surface area contributed by atoms with Crippen molar-refractivity contribution in [1.82, 2.24) is 9.80 Å². The molecule has 0 aliphatic carbocycles. The van der Waals surface area contributed by atoms with Crippen LogP contribution in [0.2, 0.25) is 0 Å². The van der Waals surface area contributed by atoms with E-state index in [1.54, 1.807) is 6.92 Å². The van der Waals surface area contributed by atoms with Crippen LogP contribution < -0.4 is 5.73 Å². The van der Waals surface area contributed by atoms with Crippen molar-refractivity contribution in [3.63, 3.8) is 0 Å². The fourth-order valence-electron chi connectivity index (χ4n) is 2.43. The van der Waals surface area contributed by atoms with Gasteiger partial charge in [0.25, 0.3) is 0 Å². The molecule has 108 valence electrons. The third kappa shape index (κ3) is 6.03. The molecular formula is C13H28ClN3O. The van der Waals surface area contributed by atoms with E-state index in [2.05, 4.69) is 19.0 Å². The van der Waals surface area contributed by atoms with E-state index in [9.17, 15) is 4.79 Å². The summed E-state index contributed by atoms with van der Waals surface area (Å²) in [5, 5.41) is 0. The zero-order valence-corrected chi connectivity index (χ0v) is 12.7. The van der Waals surface area contributed by atoms with Crippen LogP contribution in [0.3, 0.4) is 0 Å². The first-order valence-corrected chi connectivity index (χ1v) is 6.69. The fourth-order valence-corrected chi connectivity index (χ4v) is 2.43. The number of carbonyl (C=O) groups excluding carboxylic acids is 1. The van der Waals surface area contributed by atoms with Gasteiger partial charge in [0.1, 0.15) is 0 Å². The van der Waals surface area contributed by atoms with Crippen LogP contribution in [0, 0.1) is 5.92 Å². The molecule has 4 nitrogen and oxygen atoms in total. The Morgan fingerprint density at radius 1 is 1.39 bits per heavy atom. The van der Waals surface area contributed by atoms with Crippen molar-refractivity contribution in [3.05, 3.63) is 0 Å². The predicted molar refractivity (Wildman–Crippen MR) is 78.0 cm³/mol. The summed E-state index contributed by atoms with van der Waals surface area (Å²) in [6, 6.07) is -0.347. The first-order chi connectivity index (χ1) is 8.00. The van der Waals surface area contributed by atoms with Gasteiger partial charge in [0.05, 0.1) is 6.04 Å². The number of amides is 1. The summed E-state index contributed by atoms with van der Waals surface area (Å²) in [6.07, 6.45) is 4.84. The van der Waals surface area contributed by atoms with E-state index in [0.717, 1.165) is 31.8 Å². The normalized spacial score (nSPS) is 18.6. The van der Waals surface area contributed by atoms with E-state index in [4.69, 9.17) is 5.73 Å². The van der Waals surface area contributed by atoms with Gasteiger partial charge in [0.2, 0.25) is 5.91 Å². The lowest BCUT2D eigenvalue weighted by atomic mass is 9.92. The lowest BCUT2D eigenvalue weighted by molar-refractivity contribution is -0.133. The molecule has 5 heteroatoms. The summed E-state index contributed by atoms with van der Waals surface area (Å²) in [4.78, 5) is 15.9. The summed E-state index contributed by atoms with van der Waals surface area (Å²) in [7, 11) is 4.23. The molecule has 0 bridgehead atoms. The van der Waals surface area contributed by atoms with Crippen molar-refractivity contribution < 1.29 is 4.79 Å². The van der Waals surface area contributed by atoms with Crippen LogP contribution in [-0.4, -0.2) is 55.5 Å². The highest BCUT2D eigenvalue weighted by atomic mass is 35.5. The largest absolute Gasteiger partial charge is 0.341 e. The van der Waals surface area contributed by atoms with Crippen LogP contribution in [0.1, 0.15) is 32.6 Å². The SMILES string of the molecule is CC(N)C(=O)N1CCC(CCCN(C)C)CC1.Cl. The molecule has 1 aliphatic rings. The number of rotatable bonds is 5. The number of likely N-dealkylation sites (tertiary alicyclic amines) is 1.